The summed E-state index contributed by atoms with van der Waals surface area (Å²) in [5.41, 5.74) is 0.0784. The molecule has 2 aromatic rings. The zero-order chi connectivity index (χ0) is 14.9. The van der Waals surface area contributed by atoms with Crippen LogP contribution in [0.25, 0.3) is 0 Å². The molecule has 1 aromatic heterocycles. The molecule has 3 rings (SSSR count). The van der Waals surface area contributed by atoms with Gasteiger partial charge in [-0.25, -0.2) is 0 Å². The van der Waals surface area contributed by atoms with Crippen LogP contribution in [0.2, 0.25) is 0 Å². The third-order valence-corrected chi connectivity index (χ3v) is 3.88. The molecule has 110 valence electrons. The minimum Gasteiger partial charge on any atom is -0.383 e. The van der Waals surface area contributed by atoms with E-state index in [0.717, 1.165) is 18.4 Å². The predicted octanol–water partition coefficient (Wildman–Crippen LogP) is 0.843. The summed E-state index contributed by atoms with van der Waals surface area (Å²) in [4.78, 5) is 12.0. The van der Waals surface area contributed by atoms with E-state index in [-0.39, 0.29) is 24.1 Å². The van der Waals surface area contributed by atoms with Gasteiger partial charge in [-0.15, -0.1) is 5.10 Å². The molecule has 1 fully saturated rings. The third-order valence-electron chi connectivity index (χ3n) is 3.88. The van der Waals surface area contributed by atoms with E-state index in [1.165, 1.54) is 4.68 Å². The Hall–Kier alpha value is -2.21. The number of amides is 1. The van der Waals surface area contributed by atoms with Crippen molar-refractivity contribution >= 4 is 5.91 Å². The first-order chi connectivity index (χ1) is 10.1. The van der Waals surface area contributed by atoms with Gasteiger partial charge in [0.25, 0.3) is 5.91 Å². The van der Waals surface area contributed by atoms with Gasteiger partial charge >= 0.3 is 0 Å². The Kier molecular flexibility index (Phi) is 3.47. The number of nitrogens with one attached hydrogen (secondary N) is 1. The van der Waals surface area contributed by atoms with Crippen molar-refractivity contribution in [1.82, 2.24) is 20.3 Å². The highest BCUT2D eigenvalue weighted by molar-refractivity contribution is 5.91. The number of aromatic nitrogens is 3. The second-order valence-corrected chi connectivity index (χ2v) is 5.52. The Morgan fingerprint density at radius 2 is 2.14 bits per heavy atom. The van der Waals surface area contributed by atoms with Crippen molar-refractivity contribution in [2.75, 3.05) is 6.54 Å². The third kappa shape index (κ3) is 2.80. The number of aryl methyl sites for hydroxylation is 1. The smallest absolute Gasteiger partial charge is 0.273 e. The fraction of sp³-hybridized carbons (Fsp3) is 0.400. The summed E-state index contributed by atoms with van der Waals surface area (Å²) in [5.74, 6) is -0.125. The highest BCUT2D eigenvalue weighted by atomic mass is 16.3. The van der Waals surface area contributed by atoms with E-state index >= 15 is 0 Å². The molecule has 1 aliphatic rings. The number of carbonyl (C=O) groups is 1. The first-order valence-electron chi connectivity index (χ1n) is 7.02. The number of hydrogen-bond acceptors (Lipinski definition) is 4. The molecule has 0 radical (unpaired) electrons. The molecule has 1 saturated carbocycles. The van der Waals surface area contributed by atoms with Gasteiger partial charge in [-0.05, 0) is 24.3 Å². The number of benzene rings is 1. The lowest BCUT2D eigenvalue weighted by Crippen LogP contribution is -2.42. The summed E-state index contributed by atoms with van der Waals surface area (Å²) in [5, 5.41) is 21.2. The highest BCUT2D eigenvalue weighted by Gasteiger charge is 2.45. The average Bonchev–Trinajstić information content (AvgIpc) is 3.28. The van der Waals surface area contributed by atoms with Crippen molar-refractivity contribution < 1.29 is 9.90 Å². The molecule has 0 aliphatic heterocycles. The van der Waals surface area contributed by atoms with Crippen LogP contribution in [0.3, 0.4) is 0 Å². The van der Waals surface area contributed by atoms with Gasteiger partial charge in [0.2, 0.25) is 0 Å². The van der Waals surface area contributed by atoms with Gasteiger partial charge in [-0.1, -0.05) is 35.5 Å². The summed E-state index contributed by atoms with van der Waals surface area (Å²) in [7, 11) is 1.70. The van der Waals surface area contributed by atoms with E-state index < -0.39 is 5.60 Å². The zero-order valence-electron chi connectivity index (χ0n) is 11.9. The predicted molar refractivity (Wildman–Crippen MR) is 76.4 cm³/mol. The van der Waals surface area contributed by atoms with E-state index in [0.29, 0.717) is 0 Å². The van der Waals surface area contributed by atoms with Gasteiger partial charge in [-0.3, -0.25) is 9.48 Å². The zero-order valence-corrected chi connectivity index (χ0v) is 11.9. The first kappa shape index (κ1) is 13.8. The monoisotopic (exact) mass is 286 g/mol. The fourth-order valence-electron chi connectivity index (χ4n) is 2.53. The lowest BCUT2D eigenvalue weighted by atomic mass is 9.88. The van der Waals surface area contributed by atoms with Gasteiger partial charge in [0, 0.05) is 7.05 Å². The lowest BCUT2D eigenvalue weighted by Gasteiger charge is -2.29. The fourth-order valence-corrected chi connectivity index (χ4v) is 2.53. The highest BCUT2D eigenvalue weighted by Crippen LogP contribution is 2.45. The standard InChI is InChI=1S/C15H18N4O2/c1-19-9-13(17-18-19)14(20)16-10-15(21,12-7-8-12)11-5-3-2-4-6-11/h2-6,9,12,21H,7-8,10H2,1H3,(H,16,20). The van der Waals surface area contributed by atoms with Crippen molar-refractivity contribution in [3.05, 3.63) is 47.8 Å². The normalized spacial score (nSPS) is 17.2. The lowest BCUT2D eigenvalue weighted by molar-refractivity contribution is 0.0134. The Balaban J connectivity index is 1.73. The molecule has 1 amide bonds. The summed E-state index contributed by atoms with van der Waals surface area (Å²) in [6.45, 7) is 0.178. The maximum absolute atomic E-state index is 12.0. The minimum absolute atomic E-state index is 0.178. The summed E-state index contributed by atoms with van der Waals surface area (Å²) < 4.78 is 1.47. The van der Waals surface area contributed by atoms with Crippen LogP contribution in [0.1, 0.15) is 28.9 Å². The number of hydrogen-bond donors (Lipinski definition) is 2. The summed E-state index contributed by atoms with van der Waals surface area (Å²) in [6, 6.07) is 9.49. The van der Waals surface area contributed by atoms with Crippen molar-refractivity contribution in [3.63, 3.8) is 0 Å². The molecule has 1 aliphatic carbocycles. The molecule has 2 N–H and O–H groups in total. The molecule has 1 heterocycles. The van der Waals surface area contributed by atoms with Gasteiger partial charge in [0.05, 0.1) is 12.7 Å². The van der Waals surface area contributed by atoms with Crippen LogP contribution in [0.5, 0.6) is 0 Å². The first-order valence-corrected chi connectivity index (χ1v) is 7.02. The molecule has 1 unspecified atom stereocenters. The second-order valence-electron chi connectivity index (χ2n) is 5.52. The number of nitrogens with zero attached hydrogens (tertiary/aromatic N) is 3. The Morgan fingerprint density at radius 1 is 1.43 bits per heavy atom. The molecule has 0 bridgehead atoms. The van der Waals surface area contributed by atoms with E-state index in [1.807, 2.05) is 30.3 Å². The molecular formula is C15H18N4O2. The average molecular weight is 286 g/mol. The van der Waals surface area contributed by atoms with Crippen molar-refractivity contribution in [2.45, 2.75) is 18.4 Å². The van der Waals surface area contributed by atoms with Crippen molar-refractivity contribution in [1.29, 1.82) is 0 Å². The van der Waals surface area contributed by atoms with Gasteiger partial charge in [-0.2, -0.15) is 0 Å². The quantitative estimate of drug-likeness (QED) is 0.853. The van der Waals surface area contributed by atoms with E-state index in [1.54, 1.807) is 13.2 Å². The molecule has 6 nitrogen and oxygen atoms in total. The van der Waals surface area contributed by atoms with Gasteiger partial charge < -0.3 is 10.4 Å². The van der Waals surface area contributed by atoms with Gasteiger partial charge in [0.1, 0.15) is 5.60 Å². The molecular weight excluding hydrogens is 268 g/mol. The van der Waals surface area contributed by atoms with Crippen molar-refractivity contribution in [3.8, 4) is 0 Å². The second kappa shape index (κ2) is 5.29. The Morgan fingerprint density at radius 3 is 2.71 bits per heavy atom. The SMILES string of the molecule is Cn1cc(C(=O)NCC(O)(c2ccccc2)C2CC2)nn1. The number of carbonyl (C=O) groups excluding carboxylic acids is 1. The molecule has 1 atom stereocenters. The van der Waals surface area contributed by atoms with Crippen molar-refractivity contribution in [2.24, 2.45) is 13.0 Å². The molecule has 1 aromatic carbocycles. The molecule has 0 saturated heterocycles. The molecule has 0 spiro atoms. The van der Waals surface area contributed by atoms with Crippen LogP contribution in [0.4, 0.5) is 0 Å². The number of rotatable bonds is 5. The topological polar surface area (TPSA) is 80.0 Å². The van der Waals surface area contributed by atoms with Crippen LogP contribution < -0.4 is 5.32 Å². The number of aliphatic hydroxyl groups is 1. The summed E-state index contributed by atoms with van der Waals surface area (Å²) >= 11 is 0. The summed E-state index contributed by atoms with van der Waals surface area (Å²) in [6.07, 6.45) is 3.51. The van der Waals surface area contributed by atoms with E-state index in [9.17, 15) is 9.90 Å². The van der Waals surface area contributed by atoms with Crippen LogP contribution in [-0.4, -0.2) is 32.6 Å². The van der Waals surface area contributed by atoms with Crippen LogP contribution in [0.15, 0.2) is 36.5 Å². The maximum Gasteiger partial charge on any atom is 0.273 e. The van der Waals surface area contributed by atoms with E-state index in [2.05, 4.69) is 15.6 Å². The van der Waals surface area contributed by atoms with E-state index in [4.69, 9.17) is 0 Å². The van der Waals surface area contributed by atoms with Crippen LogP contribution in [0, 0.1) is 5.92 Å². The largest absolute Gasteiger partial charge is 0.383 e. The maximum atomic E-state index is 12.0. The molecule has 6 heteroatoms. The van der Waals surface area contributed by atoms with Gasteiger partial charge in [0.15, 0.2) is 5.69 Å². The van der Waals surface area contributed by atoms with Crippen LogP contribution >= 0.6 is 0 Å². The molecule has 21 heavy (non-hydrogen) atoms. The minimum atomic E-state index is -1.01. The Labute approximate surface area is 122 Å². The Bertz CT molecular complexity index is 636. The van der Waals surface area contributed by atoms with Crippen LogP contribution in [-0.2, 0) is 12.6 Å².